The fraction of sp³-hybridized carbons (Fsp3) is 0.435. The molecule has 2 aliphatic rings. The zero-order valence-electron chi connectivity index (χ0n) is 17.7. The van der Waals surface area contributed by atoms with Crippen molar-refractivity contribution >= 4 is 17.5 Å². The molecule has 7 nitrogen and oxygen atoms in total. The van der Waals surface area contributed by atoms with Crippen LogP contribution in [0.25, 0.3) is 11.1 Å². The van der Waals surface area contributed by atoms with Crippen LogP contribution < -0.4 is 10.9 Å². The van der Waals surface area contributed by atoms with Crippen LogP contribution in [0, 0.1) is 5.92 Å². The fourth-order valence-electron chi connectivity index (χ4n) is 4.77. The van der Waals surface area contributed by atoms with Crippen molar-refractivity contribution in [2.45, 2.75) is 25.8 Å². The van der Waals surface area contributed by atoms with Gasteiger partial charge >= 0.3 is 0 Å². The van der Waals surface area contributed by atoms with Gasteiger partial charge in [-0.1, -0.05) is 12.1 Å². The normalized spacial score (nSPS) is 20.1. The molecule has 30 heavy (non-hydrogen) atoms. The second kappa shape index (κ2) is 8.07. The summed E-state index contributed by atoms with van der Waals surface area (Å²) in [5.41, 5.74) is 3.81. The number of anilines is 1. The number of aromatic nitrogens is 1. The number of benzene rings is 1. The highest BCUT2D eigenvalue weighted by atomic mass is 16.2. The van der Waals surface area contributed by atoms with Crippen LogP contribution in [0.2, 0.25) is 0 Å². The van der Waals surface area contributed by atoms with Gasteiger partial charge in [0.2, 0.25) is 11.8 Å². The topological polar surface area (TPSA) is 74.6 Å². The van der Waals surface area contributed by atoms with E-state index in [0.717, 1.165) is 28.9 Å². The average molecular weight is 409 g/mol. The number of piperidine rings is 1. The van der Waals surface area contributed by atoms with E-state index in [0.29, 0.717) is 32.1 Å². The fourth-order valence-corrected chi connectivity index (χ4v) is 4.77. The van der Waals surface area contributed by atoms with E-state index in [1.165, 1.54) is 6.92 Å². The smallest absolute Gasteiger partial charge is 0.250 e. The Kier molecular flexibility index (Phi) is 5.47. The van der Waals surface area contributed by atoms with Gasteiger partial charge < -0.3 is 19.7 Å². The SMILES string of the molecule is CC(=O)Nc1ccc(-c2ccc(=O)n3c2C2CC(CN(C(=O)CN(C)C)C2)C3)cc1. The molecule has 158 valence electrons. The number of nitrogens with one attached hydrogen (secondary N) is 1. The Labute approximate surface area is 176 Å². The number of rotatable bonds is 4. The average Bonchev–Trinajstić information content (AvgIpc) is 2.68. The van der Waals surface area contributed by atoms with Gasteiger partial charge in [-0.25, -0.2) is 0 Å². The van der Waals surface area contributed by atoms with E-state index in [9.17, 15) is 14.4 Å². The summed E-state index contributed by atoms with van der Waals surface area (Å²) < 4.78 is 1.91. The molecule has 0 saturated carbocycles. The number of likely N-dealkylation sites (N-methyl/N-ethyl adjacent to an activating group) is 1. The van der Waals surface area contributed by atoms with E-state index < -0.39 is 0 Å². The summed E-state index contributed by atoms with van der Waals surface area (Å²) in [4.78, 5) is 40.5. The number of carbonyl (C=O) groups is 2. The van der Waals surface area contributed by atoms with E-state index in [2.05, 4.69) is 5.32 Å². The lowest BCUT2D eigenvalue weighted by Crippen LogP contribution is -2.51. The minimum atomic E-state index is -0.109. The molecule has 2 atom stereocenters. The number of fused-ring (bicyclic) bond motifs is 4. The van der Waals surface area contributed by atoms with Gasteiger partial charge in [-0.2, -0.15) is 0 Å². The standard InChI is InChI=1S/C23H28N4O3/c1-15(28)24-19-6-4-17(5-7-19)20-8-9-21(29)27-12-16-10-18(23(20)27)13-26(11-16)22(30)14-25(2)3/h4-9,16,18H,10-14H2,1-3H3,(H,24,28). The van der Waals surface area contributed by atoms with E-state index in [1.54, 1.807) is 6.07 Å². The lowest BCUT2D eigenvalue weighted by Gasteiger charge is -2.43. The highest BCUT2D eigenvalue weighted by molar-refractivity contribution is 5.89. The van der Waals surface area contributed by atoms with Gasteiger partial charge in [0.25, 0.3) is 5.56 Å². The van der Waals surface area contributed by atoms with Crippen molar-refractivity contribution in [3.05, 3.63) is 52.4 Å². The summed E-state index contributed by atoms with van der Waals surface area (Å²) in [6, 6.07) is 11.2. The molecular weight excluding hydrogens is 380 g/mol. The first-order valence-corrected chi connectivity index (χ1v) is 10.4. The molecule has 1 aromatic carbocycles. The maximum absolute atomic E-state index is 12.7. The zero-order chi connectivity index (χ0) is 21.4. The number of carbonyl (C=O) groups excluding carboxylic acids is 2. The third-order valence-corrected chi connectivity index (χ3v) is 5.91. The predicted octanol–water partition coefficient (Wildman–Crippen LogP) is 1.98. The minimum Gasteiger partial charge on any atom is -0.341 e. The van der Waals surface area contributed by atoms with Crippen molar-refractivity contribution in [2.75, 3.05) is 39.0 Å². The second-order valence-corrected chi connectivity index (χ2v) is 8.67. The first kappa shape index (κ1) is 20.3. The monoisotopic (exact) mass is 408 g/mol. The highest BCUT2D eigenvalue weighted by Gasteiger charge is 2.37. The van der Waals surface area contributed by atoms with Crippen LogP contribution in [0.4, 0.5) is 5.69 Å². The Morgan fingerprint density at radius 1 is 1.07 bits per heavy atom. The molecule has 1 N–H and O–H groups in total. The number of hydrogen-bond donors (Lipinski definition) is 1. The van der Waals surface area contributed by atoms with Crippen molar-refractivity contribution in [3.8, 4) is 11.1 Å². The van der Waals surface area contributed by atoms with Crippen LogP contribution in [0.5, 0.6) is 0 Å². The molecular formula is C23H28N4O3. The zero-order valence-corrected chi connectivity index (χ0v) is 17.7. The maximum Gasteiger partial charge on any atom is 0.250 e. The van der Waals surface area contributed by atoms with E-state index in [4.69, 9.17) is 0 Å². The van der Waals surface area contributed by atoms with Crippen LogP contribution in [0.15, 0.2) is 41.2 Å². The maximum atomic E-state index is 12.7. The van der Waals surface area contributed by atoms with Gasteiger partial charge in [-0.3, -0.25) is 14.4 Å². The molecule has 4 rings (SSSR count). The van der Waals surface area contributed by atoms with E-state index >= 15 is 0 Å². The van der Waals surface area contributed by atoms with Crippen LogP contribution in [0.3, 0.4) is 0 Å². The van der Waals surface area contributed by atoms with Crippen molar-refractivity contribution in [3.63, 3.8) is 0 Å². The summed E-state index contributed by atoms with van der Waals surface area (Å²) in [7, 11) is 3.81. The third-order valence-electron chi connectivity index (χ3n) is 5.91. The van der Waals surface area contributed by atoms with Gasteiger partial charge in [0.15, 0.2) is 0 Å². The first-order chi connectivity index (χ1) is 14.3. The van der Waals surface area contributed by atoms with Crippen molar-refractivity contribution in [2.24, 2.45) is 5.92 Å². The summed E-state index contributed by atoms with van der Waals surface area (Å²) in [5.74, 6) is 0.477. The Morgan fingerprint density at radius 2 is 1.80 bits per heavy atom. The van der Waals surface area contributed by atoms with Gasteiger partial charge in [0, 0.05) is 55.5 Å². The molecule has 2 bridgehead atoms. The molecule has 1 saturated heterocycles. The number of amides is 2. The summed E-state index contributed by atoms with van der Waals surface area (Å²) in [6.07, 6.45) is 0.992. The highest BCUT2D eigenvalue weighted by Crippen LogP contribution is 2.40. The van der Waals surface area contributed by atoms with Gasteiger partial charge in [-0.15, -0.1) is 0 Å². The summed E-state index contributed by atoms with van der Waals surface area (Å²) >= 11 is 0. The second-order valence-electron chi connectivity index (χ2n) is 8.67. The van der Waals surface area contributed by atoms with Crippen LogP contribution in [0.1, 0.15) is 25.0 Å². The van der Waals surface area contributed by atoms with Crippen molar-refractivity contribution in [1.29, 1.82) is 0 Å². The predicted molar refractivity (Wildman–Crippen MR) is 116 cm³/mol. The molecule has 2 aromatic rings. The number of likely N-dealkylation sites (tertiary alicyclic amines) is 1. The molecule has 7 heteroatoms. The number of pyridine rings is 1. The number of nitrogens with zero attached hydrogens (tertiary/aromatic N) is 3. The Bertz CT molecular complexity index is 1030. The van der Waals surface area contributed by atoms with Gasteiger partial charge in [0.1, 0.15) is 0 Å². The van der Waals surface area contributed by atoms with Crippen LogP contribution in [-0.2, 0) is 16.1 Å². The lowest BCUT2D eigenvalue weighted by molar-refractivity contribution is -0.134. The molecule has 3 heterocycles. The third kappa shape index (κ3) is 4.03. The number of hydrogen-bond acceptors (Lipinski definition) is 4. The Hall–Kier alpha value is -2.93. The lowest BCUT2D eigenvalue weighted by atomic mass is 9.80. The largest absolute Gasteiger partial charge is 0.341 e. The summed E-state index contributed by atoms with van der Waals surface area (Å²) in [6.45, 7) is 3.89. The molecule has 0 radical (unpaired) electrons. The minimum absolute atomic E-state index is 0.0198. The van der Waals surface area contributed by atoms with Crippen molar-refractivity contribution in [1.82, 2.24) is 14.4 Å². The van der Waals surface area contributed by atoms with Gasteiger partial charge in [0.05, 0.1) is 6.54 Å². The molecule has 2 aliphatic heterocycles. The van der Waals surface area contributed by atoms with Crippen LogP contribution >= 0.6 is 0 Å². The molecule has 1 aromatic heterocycles. The molecule has 1 fully saturated rings. The van der Waals surface area contributed by atoms with Crippen molar-refractivity contribution < 1.29 is 9.59 Å². The molecule has 0 aliphatic carbocycles. The van der Waals surface area contributed by atoms with E-state index in [1.807, 2.05) is 58.8 Å². The Balaban J connectivity index is 1.69. The first-order valence-electron chi connectivity index (χ1n) is 10.4. The summed E-state index contributed by atoms with van der Waals surface area (Å²) in [5, 5.41) is 2.78. The molecule has 2 unspecified atom stereocenters. The van der Waals surface area contributed by atoms with E-state index in [-0.39, 0.29) is 23.3 Å². The molecule has 2 amide bonds. The molecule has 0 spiro atoms. The van der Waals surface area contributed by atoms with Crippen LogP contribution in [-0.4, -0.2) is 59.9 Å². The Morgan fingerprint density at radius 3 is 2.47 bits per heavy atom. The quantitative estimate of drug-likeness (QED) is 0.840. The van der Waals surface area contributed by atoms with Gasteiger partial charge in [-0.05, 0) is 50.2 Å².